The fourth-order valence-corrected chi connectivity index (χ4v) is 3.56. The normalized spacial score (nSPS) is 15.4. The fourth-order valence-electron chi connectivity index (χ4n) is 3.56. The van der Waals surface area contributed by atoms with Gasteiger partial charge in [0, 0.05) is 44.0 Å². The first kappa shape index (κ1) is 17.8. The van der Waals surface area contributed by atoms with Crippen LogP contribution in [0.4, 0.5) is 5.69 Å². The van der Waals surface area contributed by atoms with Crippen LogP contribution in [0.15, 0.2) is 42.5 Å². The molecule has 4 nitrogen and oxygen atoms in total. The Morgan fingerprint density at radius 3 is 2.36 bits per heavy atom. The highest BCUT2D eigenvalue weighted by atomic mass is 16.5. The Morgan fingerprint density at radius 2 is 1.76 bits per heavy atom. The molecule has 4 heteroatoms. The second-order valence-electron chi connectivity index (χ2n) is 6.45. The minimum atomic E-state index is 0.123. The lowest BCUT2D eigenvalue weighted by molar-refractivity contribution is 0.271. The van der Waals surface area contributed by atoms with Crippen LogP contribution in [0.3, 0.4) is 0 Å². The number of ether oxygens (including phenoxy) is 1. The summed E-state index contributed by atoms with van der Waals surface area (Å²) in [6.45, 7) is 7.71. The molecule has 0 spiro atoms. The Morgan fingerprint density at radius 1 is 1.04 bits per heavy atom. The van der Waals surface area contributed by atoms with Crippen LogP contribution in [0.25, 0.3) is 11.1 Å². The van der Waals surface area contributed by atoms with Crippen LogP contribution in [0.2, 0.25) is 0 Å². The number of rotatable bonds is 6. The average molecular weight is 340 g/mol. The Bertz CT molecular complexity index is 680. The monoisotopic (exact) mass is 340 g/mol. The van der Waals surface area contributed by atoms with Crippen molar-refractivity contribution in [2.75, 3.05) is 51.3 Å². The molecule has 0 aliphatic carbocycles. The van der Waals surface area contributed by atoms with Gasteiger partial charge in [-0.1, -0.05) is 37.3 Å². The SMILES string of the molecule is CCN1CCN(c2cc(CCO)c(OC)c(-c3ccccc3)c2)CC1. The molecular weight excluding hydrogens is 312 g/mol. The van der Waals surface area contributed by atoms with Crippen molar-refractivity contribution in [3.05, 3.63) is 48.0 Å². The van der Waals surface area contributed by atoms with E-state index in [0.717, 1.165) is 55.2 Å². The quantitative estimate of drug-likeness (QED) is 0.877. The van der Waals surface area contributed by atoms with Crippen LogP contribution in [-0.2, 0) is 6.42 Å². The summed E-state index contributed by atoms with van der Waals surface area (Å²) in [6.07, 6.45) is 0.603. The molecule has 0 aromatic heterocycles. The van der Waals surface area contributed by atoms with Crippen LogP contribution in [0.1, 0.15) is 12.5 Å². The van der Waals surface area contributed by atoms with E-state index in [1.54, 1.807) is 7.11 Å². The number of nitrogens with zero attached hydrogens (tertiary/aromatic N) is 2. The van der Waals surface area contributed by atoms with E-state index in [4.69, 9.17) is 4.74 Å². The zero-order chi connectivity index (χ0) is 17.6. The van der Waals surface area contributed by atoms with Crippen molar-refractivity contribution in [2.24, 2.45) is 0 Å². The molecule has 1 heterocycles. The molecule has 25 heavy (non-hydrogen) atoms. The first-order valence-electron chi connectivity index (χ1n) is 9.11. The topological polar surface area (TPSA) is 35.9 Å². The number of benzene rings is 2. The van der Waals surface area contributed by atoms with Crippen molar-refractivity contribution < 1.29 is 9.84 Å². The average Bonchev–Trinajstić information content (AvgIpc) is 2.68. The Hall–Kier alpha value is -2.04. The van der Waals surface area contributed by atoms with Crippen molar-refractivity contribution >= 4 is 5.69 Å². The maximum atomic E-state index is 9.49. The third-order valence-electron chi connectivity index (χ3n) is 5.01. The summed E-state index contributed by atoms with van der Waals surface area (Å²) in [4.78, 5) is 4.92. The Balaban J connectivity index is 2.00. The van der Waals surface area contributed by atoms with Crippen molar-refractivity contribution in [3.63, 3.8) is 0 Å². The number of aliphatic hydroxyl groups is 1. The largest absolute Gasteiger partial charge is 0.496 e. The van der Waals surface area contributed by atoms with Crippen LogP contribution in [-0.4, -0.2) is 56.4 Å². The van der Waals surface area contributed by atoms with E-state index in [2.05, 4.69) is 41.0 Å². The lowest BCUT2D eigenvalue weighted by Gasteiger charge is -2.36. The summed E-state index contributed by atoms with van der Waals surface area (Å²) in [5, 5.41) is 9.49. The number of likely N-dealkylation sites (N-methyl/N-ethyl adjacent to an activating group) is 1. The van der Waals surface area contributed by atoms with Gasteiger partial charge < -0.3 is 19.6 Å². The molecule has 0 saturated carbocycles. The van der Waals surface area contributed by atoms with Gasteiger partial charge in [0.1, 0.15) is 5.75 Å². The lowest BCUT2D eigenvalue weighted by atomic mass is 9.98. The maximum absolute atomic E-state index is 9.49. The second kappa shape index (κ2) is 8.37. The minimum Gasteiger partial charge on any atom is -0.496 e. The zero-order valence-electron chi connectivity index (χ0n) is 15.2. The van der Waals surface area contributed by atoms with E-state index in [1.807, 2.05) is 18.2 Å². The molecule has 3 rings (SSSR count). The zero-order valence-corrected chi connectivity index (χ0v) is 15.2. The number of anilines is 1. The number of piperazine rings is 1. The summed E-state index contributed by atoms with van der Waals surface area (Å²) in [5.74, 6) is 0.871. The van der Waals surface area contributed by atoms with E-state index >= 15 is 0 Å². The standard InChI is InChI=1S/C21H28N2O2/c1-3-22-10-12-23(13-11-22)19-15-18(9-14-24)21(25-2)20(16-19)17-7-5-4-6-8-17/h4-8,15-16,24H,3,9-14H2,1-2H3. The predicted octanol–water partition coefficient (Wildman–Crippen LogP) is 3.04. The maximum Gasteiger partial charge on any atom is 0.130 e. The molecule has 1 saturated heterocycles. The molecule has 2 aromatic carbocycles. The van der Waals surface area contributed by atoms with Crippen molar-refractivity contribution in [1.29, 1.82) is 0 Å². The van der Waals surface area contributed by atoms with Crippen molar-refractivity contribution in [1.82, 2.24) is 4.90 Å². The summed E-state index contributed by atoms with van der Waals surface area (Å²) in [7, 11) is 1.71. The smallest absolute Gasteiger partial charge is 0.130 e. The van der Waals surface area contributed by atoms with Gasteiger partial charge in [-0.3, -0.25) is 0 Å². The highest BCUT2D eigenvalue weighted by molar-refractivity contribution is 5.77. The third-order valence-corrected chi connectivity index (χ3v) is 5.01. The van der Waals surface area contributed by atoms with E-state index in [9.17, 15) is 5.11 Å². The molecule has 1 fully saturated rings. The molecule has 0 radical (unpaired) electrons. The van der Waals surface area contributed by atoms with Crippen LogP contribution in [0.5, 0.6) is 5.75 Å². The number of methoxy groups -OCH3 is 1. The molecule has 0 unspecified atom stereocenters. The first-order chi connectivity index (χ1) is 12.3. The molecule has 134 valence electrons. The summed E-state index contributed by atoms with van der Waals surface area (Å²) in [6, 6.07) is 14.8. The molecular formula is C21H28N2O2. The van der Waals surface area contributed by atoms with E-state index in [1.165, 1.54) is 5.69 Å². The molecule has 2 aromatic rings. The van der Waals surface area contributed by atoms with Gasteiger partial charge in [-0.05, 0) is 36.2 Å². The fraction of sp³-hybridized carbons (Fsp3) is 0.429. The van der Waals surface area contributed by atoms with Crippen molar-refractivity contribution in [2.45, 2.75) is 13.3 Å². The molecule has 0 amide bonds. The van der Waals surface area contributed by atoms with E-state index in [-0.39, 0.29) is 6.61 Å². The molecule has 0 atom stereocenters. The summed E-state index contributed by atoms with van der Waals surface area (Å²) < 4.78 is 5.72. The van der Waals surface area contributed by atoms with Gasteiger partial charge in [0.05, 0.1) is 7.11 Å². The lowest BCUT2D eigenvalue weighted by Crippen LogP contribution is -2.46. The number of hydrogen-bond donors (Lipinski definition) is 1. The van der Waals surface area contributed by atoms with Gasteiger partial charge in [0.15, 0.2) is 0 Å². The minimum absolute atomic E-state index is 0.123. The van der Waals surface area contributed by atoms with Crippen LogP contribution >= 0.6 is 0 Å². The number of hydrogen-bond acceptors (Lipinski definition) is 4. The predicted molar refractivity (Wildman–Crippen MR) is 104 cm³/mol. The first-order valence-corrected chi connectivity index (χ1v) is 9.11. The van der Waals surface area contributed by atoms with E-state index in [0.29, 0.717) is 6.42 Å². The Labute approximate surface area is 150 Å². The second-order valence-corrected chi connectivity index (χ2v) is 6.45. The highest BCUT2D eigenvalue weighted by Gasteiger charge is 2.20. The van der Waals surface area contributed by atoms with Crippen molar-refractivity contribution in [3.8, 4) is 16.9 Å². The van der Waals surface area contributed by atoms with Gasteiger partial charge >= 0.3 is 0 Å². The Kier molecular flexibility index (Phi) is 5.95. The van der Waals surface area contributed by atoms with E-state index < -0.39 is 0 Å². The number of aliphatic hydroxyl groups excluding tert-OH is 1. The van der Waals surface area contributed by atoms with Gasteiger partial charge in [-0.15, -0.1) is 0 Å². The molecule has 1 N–H and O–H groups in total. The third kappa shape index (κ3) is 3.97. The highest BCUT2D eigenvalue weighted by Crippen LogP contribution is 2.37. The van der Waals surface area contributed by atoms with Crippen LogP contribution < -0.4 is 9.64 Å². The van der Waals surface area contributed by atoms with Gasteiger partial charge in [0.2, 0.25) is 0 Å². The summed E-state index contributed by atoms with van der Waals surface area (Å²) in [5.41, 5.74) is 4.53. The molecule has 1 aliphatic rings. The van der Waals surface area contributed by atoms with Gasteiger partial charge in [0.25, 0.3) is 0 Å². The molecule has 1 aliphatic heterocycles. The summed E-state index contributed by atoms with van der Waals surface area (Å²) >= 11 is 0. The van der Waals surface area contributed by atoms with Gasteiger partial charge in [-0.25, -0.2) is 0 Å². The van der Waals surface area contributed by atoms with Crippen LogP contribution in [0, 0.1) is 0 Å². The molecule has 0 bridgehead atoms. The van der Waals surface area contributed by atoms with Gasteiger partial charge in [-0.2, -0.15) is 0 Å².